The topological polar surface area (TPSA) is 86.2 Å². The molecule has 0 fully saturated rings. The van der Waals surface area contributed by atoms with E-state index < -0.39 is 0 Å². The fourth-order valence-corrected chi connectivity index (χ4v) is 7.14. The molecule has 0 aliphatic carbocycles. The van der Waals surface area contributed by atoms with Crippen LogP contribution < -0.4 is 11.5 Å². The standard InChI is InChI=1S/C44H80N2O2/c1-3-5-7-9-11-13-15-17-19-21-23-25-27-29-31-33-43(47)41-36-42(40(38-46)35-39(41)37-45)44(48)34-32-30-28-26-24-22-20-18-16-14-12-10-8-6-4-2/h35-36H,3-34,37-38,45-46H2,1-2H3. The van der Waals surface area contributed by atoms with Crippen LogP contribution in [0.3, 0.4) is 0 Å². The third kappa shape index (κ3) is 23.0. The number of carbonyl (C=O) groups is 2. The lowest BCUT2D eigenvalue weighted by Crippen LogP contribution is -2.15. The molecule has 0 unspecified atom stereocenters. The minimum atomic E-state index is 0.120. The van der Waals surface area contributed by atoms with Gasteiger partial charge in [-0.3, -0.25) is 9.59 Å². The van der Waals surface area contributed by atoms with Gasteiger partial charge < -0.3 is 11.5 Å². The second-order valence-corrected chi connectivity index (χ2v) is 14.8. The van der Waals surface area contributed by atoms with Crippen LogP contribution in [0.25, 0.3) is 0 Å². The van der Waals surface area contributed by atoms with Crippen molar-refractivity contribution in [2.75, 3.05) is 0 Å². The molecule has 4 heteroatoms. The van der Waals surface area contributed by atoms with Gasteiger partial charge >= 0.3 is 0 Å². The van der Waals surface area contributed by atoms with E-state index in [-0.39, 0.29) is 11.6 Å². The minimum Gasteiger partial charge on any atom is -0.326 e. The maximum Gasteiger partial charge on any atom is 0.163 e. The van der Waals surface area contributed by atoms with Gasteiger partial charge in [0.05, 0.1) is 0 Å². The Morgan fingerprint density at radius 2 is 0.604 bits per heavy atom. The Morgan fingerprint density at radius 3 is 0.833 bits per heavy atom. The third-order valence-corrected chi connectivity index (χ3v) is 10.4. The Morgan fingerprint density at radius 1 is 0.375 bits per heavy atom. The van der Waals surface area contributed by atoms with Gasteiger partial charge in [-0.1, -0.05) is 200 Å². The van der Waals surface area contributed by atoms with E-state index >= 15 is 0 Å². The van der Waals surface area contributed by atoms with Gasteiger partial charge in [0.25, 0.3) is 0 Å². The van der Waals surface area contributed by atoms with Crippen LogP contribution in [0.2, 0.25) is 0 Å². The Kier molecular flexibility index (Phi) is 30.3. The number of rotatable bonds is 36. The monoisotopic (exact) mass is 669 g/mol. The smallest absolute Gasteiger partial charge is 0.163 e. The van der Waals surface area contributed by atoms with Crippen LogP contribution in [-0.4, -0.2) is 11.6 Å². The number of hydrogen-bond acceptors (Lipinski definition) is 4. The number of benzene rings is 1. The maximum absolute atomic E-state index is 13.2. The number of ketones is 2. The van der Waals surface area contributed by atoms with E-state index in [1.807, 2.05) is 12.1 Å². The quantitative estimate of drug-likeness (QED) is 0.0550. The van der Waals surface area contributed by atoms with Crippen molar-refractivity contribution < 1.29 is 9.59 Å². The van der Waals surface area contributed by atoms with Crippen LogP contribution in [-0.2, 0) is 13.1 Å². The largest absolute Gasteiger partial charge is 0.326 e. The molecule has 0 spiro atoms. The summed E-state index contributed by atoms with van der Waals surface area (Å²) in [5.41, 5.74) is 15.0. The summed E-state index contributed by atoms with van der Waals surface area (Å²) in [4.78, 5) is 26.5. The molecule has 0 bridgehead atoms. The molecule has 4 nitrogen and oxygen atoms in total. The molecule has 0 aliphatic heterocycles. The van der Waals surface area contributed by atoms with E-state index in [1.165, 1.54) is 167 Å². The van der Waals surface area contributed by atoms with E-state index in [0.717, 1.165) is 36.8 Å². The first-order valence-electron chi connectivity index (χ1n) is 21.2. The SMILES string of the molecule is CCCCCCCCCCCCCCCCCC(=O)c1cc(C(=O)CCCCCCCCCCCCCCCCC)c(CN)cc1CN. The second kappa shape index (κ2) is 32.7. The van der Waals surface area contributed by atoms with Gasteiger partial charge in [-0.25, -0.2) is 0 Å². The van der Waals surface area contributed by atoms with Crippen molar-refractivity contribution >= 4 is 11.6 Å². The highest BCUT2D eigenvalue weighted by molar-refractivity contribution is 6.03. The molecule has 0 saturated heterocycles. The number of hydrogen-bond donors (Lipinski definition) is 2. The first-order chi connectivity index (χ1) is 23.6. The van der Waals surface area contributed by atoms with Crippen LogP contribution in [0.1, 0.15) is 251 Å². The third-order valence-electron chi connectivity index (χ3n) is 10.4. The zero-order valence-corrected chi connectivity index (χ0v) is 32.2. The predicted octanol–water partition coefficient (Wildman–Crippen LogP) is 13.5. The van der Waals surface area contributed by atoms with Crippen molar-refractivity contribution in [3.8, 4) is 0 Å². The van der Waals surface area contributed by atoms with Crippen LogP contribution >= 0.6 is 0 Å². The number of Topliss-reactive ketones (excluding diaryl/α,β-unsaturated/α-hetero) is 2. The van der Waals surface area contributed by atoms with Gasteiger partial charge in [-0.15, -0.1) is 0 Å². The van der Waals surface area contributed by atoms with E-state index in [2.05, 4.69) is 13.8 Å². The molecule has 1 aromatic carbocycles. The molecule has 1 rings (SSSR count). The highest BCUT2D eigenvalue weighted by Gasteiger charge is 2.18. The van der Waals surface area contributed by atoms with Crippen LogP contribution in [0.5, 0.6) is 0 Å². The molecule has 48 heavy (non-hydrogen) atoms. The maximum atomic E-state index is 13.2. The Labute approximate surface area is 298 Å². The lowest BCUT2D eigenvalue weighted by atomic mass is 9.90. The zero-order valence-electron chi connectivity index (χ0n) is 32.2. The van der Waals surface area contributed by atoms with Crippen molar-refractivity contribution in [1.82, 2.24) is 0 Å². The fourth-order valence-electron chi connectivity index (χ4n) is 7.14. The zero-order chi connectivity index (χ0) is 34.9. The highest BCUT2D eigenvalue weighted by Crippen LogP contribution is 2.23. The van der Waals surface area contributed by atoms with Crippen LogP contribution in [0.4, 0.5) is 0 Å². The minimum absolute atomic E-state index is 0.120. The summed E-state index contributed by atoms with van der Waals surface area (Å²) in [7, 11) is 0. The summed E-state index contributed by atoms with van der Waals surface area (Å²) in [5, 5.41) is 0. The fraction of sp³-hybridized carbons (Fsp3) is 0.818. The van der Waals surface area contributed by atoms with Gasteiger partial charge in [0.15, 0.2) is 11.6 Å². The first-order valence-corrected chi connectivity index (χ1v) is 21.2. The van der Waals surface area contributed by atoms with Gasteiger partial charge in [0.1, 0.15) is 0 Å². The summed E-state index contributed by atoms with van der Waals surface area (Å²) in [6, 6.07) is 3.74. The van der Waals surface area contributed by atoms with E-state index in [4.69, 9.17) is 11.5 Å². The highest BCUT2D eigenvalue weighted by atomic mass is 16.1. The van der Waals surface area contributed by atoms with Crippen molar-refractivity contribution in [1.29, 1.82) is 0 Å². The normalized spacial score (nSPS) is 11.4. The molecule has 4 N–H and O–H groups in total. The van der Waals surface area contributed by atoms with E-state index in [0.29, 0.717) is 37.1 Å². The summed E-state index contributed by atoms with van der Waals surface area (Å²) in [6.45, 7) is 5.14. The van der Waals surface area contributed by atoms with Crippen LogP contribution in [0, 0.1) is 0 Å². The summed E-state index contributed by atoms with van der Waals surface area (Å²) in [6.07, 6.45) is 40.4. The van der Waals surface area contributed by atoms with Crippen LogP contribution in [0.15, 0.2) is 12.1 Å². The molecule has 0 aromatic heterocycles. The van der Waals surface area contributed by atoms with Gasteiger partial charge in [-0.2, -0.15) is 0 Å². The second-order valence-electron chi connectivity index (χ2n) is 14.8. The Hall–Kier alpha value is -1.52. The van der Waals surface area contributed by atoms with E-state index in [9.17, 15) is 9.59 Å². The van der Waals surface area contributed by atoms with E-state index in [1.54, 1.807) is 0 Å². The number of unbranched alkanes of at least 4 members (excludes halogenated alkanes) is 28. The molecule has 0 amide bonds. The summed E-state index contributed by atoms with van der Waals surface area (Å²) < 4.78 is 0. The molecule has 0 heterocycles. The Bertz CT molecular complexity index is 842. The molecular weight excluding hydrogens is 588 g/mol. The lowest BCUT2D eigenvalue weighted by Gasteiger charge is -2.14. The first kappa shape index (κ1) is 44.5. The molecule has 0 aliphatic rings. The van der Waals surface area contributed by atoms with Gasteiger partial charge in [0.2, 0.25) is 0 Å². The number of carbonyl (C=O) groups excluding carboxylic acids is 2. The van der Waals surface area contributed by atoms with Gasteiger partial charge in [-0.05, 0) is 30.0 Å². The average molecular weight is 669 g/mol. The molecule has 0 radical (unpaired) electrons. The summed E-state index contributed by atoms with van der Waals surface area (Å²) in [5.74, 6) is 0.240. The average Bonchev–Trinajstić information content (AvgIpc) is 3.10. The molecular formula is C44H80N2O2. The van der Waals surface area contributed by atoms with Gasteiger partial charge in [0, 0.05) is 37.1 Å². The van der Waals surface area contributed by atoms with Crippen molar-refractivity contribution in [3.05, 3.63) is 34.4 Å². The number of nitrogens with two attached hydrogens (primary N) is 2. The van der Waals surface area contributed by atoms with Crippen molar-refractivity contribution in [2.24, 2.45) is 11.5 Å². The predicted molar refractivity (Wildman–Crippen MR) is 210 cm³/mol. The Balaban J connectivity index is 2.24. The summed E-state index contributed by atoms with van der Waals surface area (Å²) >= 11 is 0. The van der Waals surface area contributed by atoms with Crippen molar-refractivity contribution in [2.45, 2.75) is 232 Å². The van der Waals surface area contributed by atoms with Crippen molar-refractivity contribution in [3.63, 3.8) is 0 Å². The lowest BCUT2D eigenvalue weighted by molar-refractivity contribution is 0.0977. The molecule has 1 aromatic rings. The molecule has 0 atom stereocenters. The molecule has 0 saturated carbocycles. The molecule has 278 valence electrons.